The molecule has 0 N–H and O–H groups in total. The third-order valence-corrected chi connectivity index (χ3v) is 5.59. The highest BCUT2D eigenvalue weighted by atomic mass is 16.7. The molecule has 1 amide bonds. The molecule has 9 nitrogen and oxygen atoms in total. The lowest BCUT2D eigenvalue weighted by Gasteiger charge is -2.34. The van der Waals surface area contributed by atoms with Crippen LogP contribution in [0.5, 0.6) is 11.5 Å². The number of hydrogen-bond donors (Lipinski definition) is 0. The zero-order chi connectivity index (χ0) is 22.1. The molecule has 1 saturated heterocycles. The Balaban J connectivity index is 1.18. The van der Waals surface area contributed by atoms with Crippen LogP contribution < -0.4 is 14.4 Å². The number of carbonyl (C=O) groups excluding carboxylic acids is 1. The molecule has 0 bridgehead atoms. The Bertz CT molecular complexity index is 1160. The van der Waals surface area contributed by atoms with Gasteiger partial charge in [0.1, 0.15) is 0 Å². The van der Waals surface area contributed by atoms with Crippen LogP contribution in [-0.4, -0.2) is 63.8 Å². The fourth-order valence-electron chi connectivity index (χ4n) is 3.91. The highest BCUT2D eigenvalue weighted by molar-refractivity contribution is 5.92. The molecule has 1 fully saturated rings. The maximum Gasteiger partial charge on any atom is 0.246 e. The van der Waals surface area contributed by atoms with Crippen LogP contribution in [0.25, 0.3) is 11.9 Å². The Morgan fingerprint density at radius 3 is 2.41 bits per heavy atom. The van der Waals surface area contributed by atoms with Crippen LogP contribution >= 0.6 is 0 Å². The standard InChI is InChI=1S/C23H24N6O3/c1-16-13-17(2)29(26-16)22-7-6-21(24-25-22)27-9-11-28(12-10-27)23(30)8-4-18-3-5-19-20(14-18)32-15-31-19/h3-8,13-14H,9-12,15H2,1-2H3/b8-4+. The Kier molecular flexibility index (Phi) is 5.22. The molecule has 9 heteroatoms. The van der Waals surface area contributed by atoms with Gasteiger partial charge in [-0.2, -0.15) is 5.10 Å². The van der Waals surface area contributed by atoms with Crippen molar-refractivity contribution in [3.63, 3.8) is 0 Å². The van der Waals surface area contributed by atoms with Crippen LogP contribution in [0.4, 0.5) is 5.82 Å². The topological polar surface area (TPSA) is 85.6 Å². The van der Waals surface area contributed by atoms with Crippen molar-refractivity contribution >= 4 is 17.8 Å². The summed E-state index contributed by atoms with van der Waals surface area (Å²) in [7, 11) is 0. The van der Waals surface area contributed by atoms with E-state index in [1.807, 2.05) is 55.1 Å². The van der Waals surface area contributed by atoms with Gasteiger partial charge in [0.2, 0.25) is 12.7 Å². The van der Waals surface area contributed by atoms with Gasteiger partial charge in [-0.05, 0) is 55.8 Å². The minimum Gasteiger partial charge on any atom is -0.454 e. The number of ether oxygens (including phenoxy) is 2. The maximum absolute atomic E-state index is 12.6. The van der Waals surface area contributed by atoms with Gasteiger partial charge in [-0.15, -0.1) is 10.2 Å². The molecule has 0 radical (unpaired) electrons. The molecule has 2 aliphatic rings. The number of nitrogens with zero attached hydrogens (tertiary/aromatic N) is 6. The van der Waals surface area contributed by atoms with Gasteiger partial charge in [0, 0.05) is 37.9 Å². The Morgan fingerprint density at radius 1 is 0.938 bits per heavy atom. The normalized spacial score (nSPS) is 15.6. The van der Waals surface area contributed by atoms with E-state index in [2.05, 4.69) is 20.2 Å². The number of anilines is 1. The summed E-state index contributed by atoms with van der Waals surface area (Å²) >= 11 is 0. The minimum atomic E-state index is -0.00623. The van der Waals surface area contributed by atoms with Crippen molar-refractivity contribution in [2.24, 2.45) is 0 Å². The maximum atomic E-state index is 12.6. The molecule has 1 aromatic carbocycles. The molecule has 0 aliphatic carbocycles. The molecule has 3 aromatic rings. The third kappa shape index (κ3) is 4.01. The first kappa shape index (κ1) is 20.0. The molecule has 2 aliphatic heterocycles. The third-order valence-electron chi connectivity index (χ3n) is 5.59. The number of carbonyl (C=O) groups is 1. The van der Waals surface area contributed by atoms with Crippen molar-refractivity contribution in [2.75, 3.05) is 37.9 Å². The number of piperazine rings is 1. The van der Waals surface area contributed by atoms with Gasteiger partial charge in [0.15, 0.2) is 23.1 Å². The van der Waals surface area contributed by atoms with E-state index in [0.717, 1.165) is 28.5 Å². The van der Waals surface area contributed by atoms with E-state index in [1.165, 1.54) is 0 Å². The van der Waals surface area contributed by atoms with Crippen molar-refractivity contribution in [2.45, 2.75) is 13.8 Å². The number of aromatic nitrogens is 4. The summed E-state index contributed by atoms with van der Waals surface area (Å²) in [6, 6.07) is 11.5. The summed E-state index contributed by atoms with van der Waals surface area (Å²) in [6.07, 6.45) is 3.41. The molecule has 164 valence electrons. The Morgan fingerprint density at radius 2 is 1.69 bits per heavy atom. The molecule has 0 unspecified atom stereocenters. The van der Waals surface area contributed by atoms with Gasteiger partial charge in [0.25, 0.3) is 0 Å². The van der Waals surface area contributed by atoms with Gasteiger partial charge in [-0.3, -0.25) is 4.79 Å². The smallest absolute Gasteiger partial charge is 0.246 e. The van der Waals surface area contributed by atoms with Crippen LogP contribution in [0, 0.1) is 13.8 Å². The molecular formula is C23H24N6O3. The summed E-state index contributed by atoms with van der Waals surface area (Å²) in [5.74, 6) is 2.93. The lowest BCUT2D eigenvalue weighted by molar-refractivity contribution is -0.126. The SMILES string of the molecule is Cc1cc(C)n(-c2ccc(N3CCN(C(=O)/C=C/c4ccc5c(c4)OCO5)CC3)nn2)n1. The number of rotatable bonds is 4. The van der Waals surface area contributed by atoms with Crippen LogP contribution in [0.3, 0.4) is 0 Å². The zero-order valence-corrected chi connectivity index (χ0v) is 18.1. The van der Waals surface area contributed by atoms with Crippen molar-refractivity contribution in [3.05, 3.63) is 59.4 Å². The molecule has 0 atom stereocenters. The molecule has 0 saturated carbocycles. The number of aryl methyl sites for hydroxylation is 2. The second kappa shape index (κ2) is 8.33. The number of benzene rings is 1. The molecule has 5 rings (SSSR count). The average Bonchev–Trinajstić information content (AvgIpc) is 3.42. The summed E-state index contributed by atoms with van der Waals surface area (Å²) in [5, 5.41) is 13.2. The first-order valence-corrected chi connectivity index (χ1v) is 10.6. The predicted molar refractivity (Wildman–Crippen MR) is 119 cm³/mol. The van der Waals surface area contributed by atoms with Crippen molar-refractivity contribution in [3.8, 4) is 17.3 Å². The first-order chi connectivity index (χ1) is 15.6. The monoisotopic (exact) mass is 432 g/mol. The second-order valence-electron chi connectivity index (χ2n) is 7.85. The van der Waals surface area contributed by atoms with E-state index in [0.29, 0.717) is 37.7 Å². The van der Waals surface area contributed by atoms with Crippen LogP contribution in [-0.2, 0) is 4.79 Å². The van der Waals surface area contributed by atoms with Crippen LogP contribution in [0.1, 0.15) is 17.0 Å². The minimum absolute atomic E-state index is 0.00623. The zero-order valence-electron chi connectivity index (χ0n) is 18.1. The Labute approximate surface area is 185 Å². The Hall–Kier alpha value is -3.88. The first-order valence-electron chi connectivity index (χ1n) is 10.6. The average molecular weight is 432 g/mol. The van der Waals surface area contributed by atoms with Gasteiger partial charge < -0.3 is 19.3 Å². The molecule has 32 heavy (non-hydrogen) atoms. The quantitative estimate of drug-likeness (QED) is 0.585. The molecule has 2 aromatic heterocycles. The van der Waals surface area contributed by atoms with Gasteiger partial charge in [-0.1, -0.05) is 6.07 Å². The van der Waals surface area contributed by atoms with Crippen LogP contribution in [0.15, 0.2) is 42.5 Å². The number of amides is 1. The van der Waals surface area contributed by atoms with Gasteiger partial charge >= 0.3 is 0 Å². The number of hydrogen-bond acceptors (Lipinski definition) is 7. The summed E-state index contributed by atoms with van der Waals surface area (Å²) in [4.78, 5) is 16.6. The molecule has 0 spiro atoms. The van der Waals surface area contributed by atoms with Crippen molar-refractivity contribution < 1.29 is 14.3 Å². The van der Waals surface area contributed by atoms with Gasteiger partial charge in [0.05, 0.1) is 5.69 Å². The fraction of sp³-hybridized carbons (Fsp3) is 0.304. The molecular weight excluding hydrogens is 408 g/mol. The van der Waals surface area contributed by atoms with E-state index in [-0.39, 0.29) is 12.7 Å². The van der Waals surface area contributed by atoms with E-state index < -0.39 is 0 Å². The van der Waals surface area contributed by atoms with E-state index in [1.54, 1.807) is 16.8 Å². The summed E-state index contributed by atoms with van der Waals surface area (Å²) in [6.45, 7) is 6.86. The highest BCUT2D eigenvalue weighted by Gasteiger charge is 2.21. The lowest BCUT2D eigenvalue weighted by atomic mass is 10.2. The second-order valence-corrected chi connectivity index (χ2v) is 7.85. The predicted octanol–water partition coefficient (Wildman–Crippen LogP) is 2.37. The lowest BCUT2D eigenvalue weighted by Crippen LogP contribution is -2.48. The van der Waals surface area contributed by atoms with Gasteiger partial charge in [-0.25, -0.2) is 4.68 Å². The highest BCUT2D eigenvalue weighted by Crippen LogP contribution is 2.32. The largest absolute Gasteiger partial charge is 0.454 e. The molecule has 4 heterocycles. The summed E-state index contributed by atoms with van der Waals surface area (Å²) in [5.41, 5.74) is 2.87. The fourth-order valence-corrected chi connectivity index (χ4v) is 3.91. The van der Waals surface area contributed by atoms with E-state index >= 15 is 0 Å². The van der Waals surface area contributed by atoms with Crippen molar-refractivity contribution in [1.29, 1.82) is 0 Å². The van der Waals surface area contributed by atoms with E-state index in [9.17, 15) is 4.79 Å². The van der Waals surface area contributed by atoms with Crippen LogP contribution in [0.2, 0.25) is 0 Å². The van der Waals surface area contributed by atoms with E-state index in [4.69, 9.17) is 9.47 Å². The van der Waals surface area contributed by atoms with Crippen molar-refractivity contribution in [1.82, 2.24) is 24.9 Å². The summed E-state index contributed by atoms with van der Waals surface area (Å²) < 4.78 is 12.5. The number of fused-ring (bicyclic) bond motifs is 1.